The van der Waals surface area contributed by atoms with Gasteiger partial charge in [-0.05, 0) is 30.2 Å². The number of ether oxygens (including phenoxy) is 2. The van der Waals surface area contributed by atoms with Crippen molar-refractivity contribution in [2.45, 2.75) is 19.6 Å². The van der Waals surface area contributed by atoms with Crippen LogP contribution >= 0.6 is 0 Å². The van der Waals surface area contributed by atoms with Crippen LogP contribution in [0.4, 0.5) is 20.2 Å². The topological polar surface area (TPSA) is 81.1 Å². The summed E-state index contributed by atoms with van der Waals surface area (Å²) in [4.78, 5) is 25.1. The number of rotatable bonds is 7. The van der Waals surface area contributed by atoms with Crippen molar-refractivity contribution >= 4 is 23.2 Å². The quantitative estimate of drug-likeness (QED) is 0.654. The summed E-state index contributed by atoms with van der Waals surface area (Å²) in [7, 11) is 1.71. The number of quaternary nitrogens is 1. The molecular weight excluding hydrogens is 384 g/mol. The molecule has 0 aliphatic carbocycles. The van der Waals surface area contributed by atoms with Gasteiger partial charge in [0.05, 0.1) is 7.05 Å². The van der Waals surface area contributed by atoms with Crippen LogP contribution in [0.2, 0.25) is 0 Å². The van der Waals surface area contributed by atoms with Crippen molar-refractivity contribution in [1.29, 1.82) is 0 Å². The summed E-state index contributed by atoms with van der Waals surface area (Å²) in [5.74, 6) is -0.821. The van der Waals surface area contributed by atoms with E-state index in [2.05, 4.69) is 20.1 Å². The summed E-state index contributed by atoms with van der Waals surface area (Å²) in [6, 6.07) is 11.5. The molecule has 1 unspecified atom stereocenters. The summed E-state index contributed by atoms with van der Waals surface area (Å²) < 4.78 is 34.8. The fraction of sp³-hybridized carbons (Fsp3) is 0.300. The second-order valence-electron chi connectivity index (χ2n) is 6.75. The van der Waals surface area contributed by atoms with Crippen LogP contribution in [-0.2, 0) is 16.0 Å². The fourth-order valence-corrected chi connectivity index (χ4v) is 2.99. The highest BCUT2D eigenvalue weighted by Crippen LogP contribution is 2.42. The van der Waals surface area contributed by atoms with Gasteiger partial charge in [0.2, 0.25) is 0 Å². The zero-order chi connectivity index (χ0) is 21.0. The molecule has 2 amide bonds. The molecule has 1 aliphatic rings. The summed E-state index contributed by atoms with van der Waals surface area (Å²) in [5, 5.41) is 5.46. The molecule has 154 valence electrons. The maximum Gasteiger partial charge on any atom is 0.586 e. The largest absolute Gasteiger partial charge is 0.586 e. The number of hydrogen-bond acceptors (Lipinski definition) is 4. The highest BCUT2D eigenvalue weighted by molar-refractivity contribution is 5.93. The molecule has 0 fully saturated rings. The summed E-state index contributed by atoms with van der Waals surface area (Å²) >= 11 is 0. The van der Waals surface area contributed by atoms with Crippen LogP contribution in [0.25, 0.3) is 0 Å². The lowest BCUT2D eigenvalue weighted by Crippen LogP contribution is -3.11. The smallest absolute Gasteiger partial charge is 0.395 e. The van der Waals surface area contributed by atoms with Gasteiger partial charge >= 0.3 is 6.29 Å². The highest BCUT2D eigenvalue weighted by Gasteiger charge is 2.43. The van der Waals surface area contributed by atoms with E-state index in [-0.39, 0.29) is 36.4 Å². The summed E-state index contributed by atoms with van der Waals surface area (Å²) in [6.45, 7) is 2.12. The van der Waals surface area contributed by atoms with Crippen molar-refractivity contribution in [3.05, 3.63) is 48.0 Å². The number of carbonyl (C=O) groups is 2. The number of alkyl halides is 2. The van der Waals surface area contributed by atoms with Crippen molar-refractivity contribution in [1.82, 2.24) is 0 Å². The maximum atomic E-state index is 13.1. The summed E-state index contributed by atoms with van der Waals surface area (Å²) in [5.41, 5.74) is 2.09. The monoisotopic (exact) mass is 406 g/mol. The Morgan fingerprint density at radius 2 is 1.66 bits per heavy atom. The first-order valence-corrected chi connectivity index (χ1v) is 9.14. The van der Waals surface area contributed by atoms with Crippen LogP contribution in [0.15, 0.2) is 42.5 Å². The number of benzene rings is 2. The molecule has 2 aromatic carbocycles. The Labute approximate surface area is 166 Å². The first-order chi connectivity index (χ1) is 13.8. The Balaban J connectivity index is 1.50. The third-order valence-electron chi connectivity index (χ3n) is 4.28. The van der Waals surface area contributed by atoms with Crippen LogP contribution in [0.1, 0.15) is 12.5 Å². The van der Waals surface area contributed by atoms with E-state index in [4.69, 9.17) is 0 Å². The van der Waals surface area contributed by atoms with Gasteiger partial charge in [-0.1, -0.05) is 25.1 Å². The van der Waals surface area contributed by atoms with E-state index < -0.39 is 6.29 Å². The van der Waals surface area contributed by atoms with Crippen LogP contribution in [-0.4, -0.2) is 38.2 Å². The van der Waals surface area contributed by atoms with Crippen molar-refractivity contribution in [3.8, 4) is 11.5 Å². The molecule has 0 aromatic heterocycles. The zero-order valence-corrected chi connectivity index (χ0v) is 16.1. The molecule has 0 bridgehead atoms. The molecule has 1 heterocycles. The van der Waals surface area contributed by atoms with Gasteiger partial charge in [0.1, 0.15) is 0 Å². The van der Waals surface area contributed by atoms with Gasteiger partial charge in [-0.15, -0.1) is 8.78 Å². The van der Waals surface area contributed by atoms with E-state index >= 15 is 0 Å². The first kappa shape index (κ1) is 20.5. The lowest BCUT2D eigenvalue weighted by molar-refractivity contribution is -0.862. The van der Waals surface area contributed by atoms with Crippen molar-refractivity contribution < 1.29 is 32.7 Å². The molecule has 7 nitrogen and oxygen atoms in total. The lowest BCUT2D eigenvalue weighted by atomic mass is 10.1. The van der Waals surface area contributed by atoms with E-state index in [1.54, 1.807) is 7.05 Å². The highest BCUT2D eigenvalue weighted by atomic mass is 19.3. The number of nitrogens with one attached hydrogen (secondary N) is 3. The van der Waals surface area contributed by atoms with Crippen molar-refractivity contribution in [2.75, 3.05) is 30.8 Å². The molecule has 3 rings (SSSR count). The number of aryl methyl sites for hydroxylation is 1. The standard InChI is InChI=1S/C20H21F2N3O4/c1-3-13-6-4-5-7-15(13)24-19(27)12-25(2)11-18(26)23-14-8-9-16-17(10-14)29-20(21,22)28-16/h4-10H,3,11-12H2,1-2H3,(H,23,26)(H,24,27)/p+1. The van der Waals surface area contributed by atoms with E-state index in [1.165, 1.54) is 18.2 Å². The zero-order valence-electron chi connectivity index (χ0n) is 16.1. The molecule has 9 heteroatoms. The molecule has 0 spiro atoms. The summed E-state index contributed by atoms with van der Waals surface area (Å²) in [6.07, 6.45) is -2.91. The molecule has 0 radical (unpaired) electrons. The van der Waals surface area contributed by atoms with Gasteiger partial charge in [-0.3, -0.25) is 9.59 Å². The van der Waals surface area contributed by atoms with E-state index in [0.29, 0.717) is 10.6 Å². The lowest BCUT2D eigenvalue weighted by Gasteiger charge is -2.15. The van der Waals surface area contributed by atoms with Gasteiger partial charge in [0.25, 0.3) is 11.8 Å². The van der Waals surface area contributed by atoms with Crippen LogP contribution in [0.3, 0.4) is 0 Å². The Morgan fingerprint density at radius 1 is 1.00 bits per heavy atom. The van der Waals surface area contributed by atoms with E-state index in [0.717, 1.165) is 17.7 Å². The number of hydrogen-bond donors (Lipinski definition) is 3. The Kier molecular flexibility index (Phi) is 5.97. The van der Waals surface area contributed by atoms with Crippen molar-refractivity contribution in [3.63, 3.8) is 0 Å². The number of halogens is 2. The van der Waals surface area contributed by atoms with Gasteiger partial charge < -0.3 is 25.0 Å². The molecule has 1 atom stereocenters. The molecule has 3 N–H and O–H groups in total. The van der Waals surface area contributed by atoms with Crippen LogP contribution in [0.5, 0.6) is 11.5 Å². The number of para-hydroxylation sites is 1. The molecule has 0 saturated heterocycles. The van der Waals surface area contributed by atoms with Crippen LogP contribution in [0, 0.1) is 0 Å². The van der Waals surface area contributed by atoms with Gasteiger partial charge in [0.15, 0.2) is 24.6 Å². The third-order valence-corrected chi connectivity index (χ3v) is 4.28. The minimum absolute atomic E-state index is 0.0213. The second-order valence-corrected chi connectivity index (χ2v) is 6.75. The normalized spacial score (nSPS) is 14.9. The number of amides is 2. The number of fused-ring (bicyclic) bond motifs is 1. The van der Waals surface area contributed by atoms with Crippen molar-refractivity contribution in [2.24, 2.45) is 0 Å². The van der Waals surface area contributed by atoms with E-state index in [1.807, 2.05) is 31.2 Å². The molecule has 2 aromatic rings. The number of likely N-dealkylation sites (N-methyl/N-ethyl adjacent to an activating group) is 1. The molecule has 29 heavy (non-hydrogen) atoms. The predicted octanol–water partition coefficient (Wildman–Crippen LogP) is 1.66. The molecular formula is C20H22F2N3O4+. The SMILES string of the molecule is CCc1ccccc1NC(=O)C[NH+](C)CC(=O)Nc1ccc2c(c1)OC(F)(F)O2. The van der Waals surface area contributed by atoms with Gasteiger partial charge in [-0.2, -0.15) is 0 Å². The average molecular weight is 406 g/mol. The number of anilines is 2. The average Bonchev–Trinajstić information content (AvgIpc) is 2.94. The Bertz CT molecular complexity index is 920. The van der Waals surface area contributed by atoms with Crippen LogP contribution < -0.4 is 25.0 Å². The minimum atomic E-state index is -3.71. The third kappa shape index (κ3) is 5.41. The maximum absolute atomic E-state index is 13.1. The predicted molar refractivity (Wildman–Crippen MR) is 102 cm³/mol. The van der Waals surface area contributed by atoms with E-state index in [9.17, 15) is 18.4 Å². The second kappa shape index (κ2) is 8.44. The minimum Gasteiger partial charge on any atom is -0.395 e. The van der Waals surface area contributed by atoms with Gasteiger partial charge in [0, 0.05) is 17.4 Å². The molecule has 0 saturated carbocycles. The fourth-order valence-electron chi connectivity index (χ4n) is 2.99. The van der Waals surface area contributed by atoms with Gasteiger partial charge in [-0.25, -0.2) is 0 Å². The molecule has 1 aliphatic heterocycles. The Hall–Kier alpha value is -3.20. The first-order valence-electron chi connectivity index (χ1n) is 9.14. The Morgan fingerprint density at radius 3 is 2.38 bits per heavy atom. The number of carbonyl (C=O) groups excluding carboxylic acids is 2.